The van der Waals surface area contributed by atoms with Crippen molar-refractivity contribution in [1.82, 2.24) is 19.7 Å². The van der Waals surface area contributed by atoms with Crippen LogP contribution in [0.2, 0.25) is 0 Å². The second kappa shape index (κ2) is 6.20. The third-order valence-electron chi connectivity index (χ3n) is 4.56. The molecule has 1 aliphatic heterocycles. The molecule has 1 aliphatic rings. The summed E-state index contributed by atoms with van der Waals surface area (Å²) in [6.07, 6.45) is 7.59. The van der Waals surface area contributed by atoms with Crippen molar-refractivity contribution in [2.75, 3.05) is 11.9 Å². The van der Waals surface area contributed by atoms with E-state index in [1.807, 2.05) is 30.2 Å². The van der Waals surface area contributed by atoms with E-state index in [4.69, 9.17) is 4.74 Å². The third-order valence-corrected chi connectivity index (χ3v) is 4.56. The molecule has 6 nitrogen and oxygen atoms in total. The number of benzene rings is 1. The molecule has 2 atom stereocenters. The summed E-state index contributed by atoms with van der Waals surface area (Å²) in [5.74, 6) is 0.869. The second-order valence-electron chi connectivity index (χ2n) is 6.33. The molecule has 24 heavy (non-hydrogen) atoms. The largest absolute Gasteiger partial charge is 0.371 e. The number of hydrogen-bond donors (Lipinski definition) is 1. The van der Waals surface area contributed by atoms with Gasteiger partial charge in [0.15, 0.2) is 0 Å². The molecule has 1 saturated heterocycles. The van der Waals surface area contributed by atoms with Gasteiger partial charge in [0, 0.05) is 30.8 Å². The maximum Gasteiger partial charge on any atom is 0.137 e. The van der Waals surface area contributed by atoms with Gasteiger partial charge in [0.1, 0.15) is 18.2 Å². The molecule has 0 bridgehead atoms. The average Bonchev–Trinajstić information content (AvgIpc) is 3.03. The van der Waals surface area contributed by atoms with Crippen molar-refractivity contribution in [2.45, 2.75) is 31.9 Å². The molecule has 0 aliphatic carbocycles. The number of rotatable bonds is 3. The van der Waals surface area contributed by atoms with Gasteiger partial charge in [-0.05, 0) is 31.4 Å². The van der Waals surface area contributed by atoms with E-state index in [-0.39, 0.29) is 12.1 Å². The smallest absolute Gasteiger partial charge is 0.137 e. The molecule has 2 aromatic heterocycles. The first kappa shape index (κ1) is 15.1. The topological polar surface area (TPSA) is 64.9 Å². The van der Waals surface area contributed by atoms with Crippen LogP contribution >= 0.6 is 0 Å². The predicted octanol–water partition coefficient (Wildman–Crippen LogP) is 3.00. The van der Waals surface area contributed by atoms with Gasteiger partial charge in [-0.1, -0.05) is 12.1 Å². The van der Waals surface area contributed by atoms with Crippen LogP contribution in [0.1, 0.15) is 30.1 Å². The molecule has 0 spiro atoms. The van der Waals surface area contributed by atoms with E-state index in [2.05, 4.69) is 39.4 Å². The van der Waals surface area contributed by atoms with Crippen LogP contribution in [0.3, 0.4) is 0 Å². The number of nitrogens with zero attached hydrogens (tertiary/aromatic N) is 4. The minimum Gasteiger partial charge on any atom is -0.371 e. The Morgan fingerprint density at radius 3 is 3.04 bits per heavy atom. The number of hydrogen-bond acceptors (Lipinski definition) is 5. The van der Waals surface area contributed by atoms with Crippen molar-refractivity contribution >= 4 is 16.7 Å². The zero-order valence-corrected chi connectivity index (χ0v) is 13.9. The fourth-order valence-electron chi connectivity index (χ4n) is 3.37. The first-order valence-electron chi connectivity index (χ1n) is 8.29. The molecule has 124 valence electrons. The summed E-state index contributed by atoms with van der Waals surface area (Å²) in [7, 11) is 1.93. The number of anilines is 1. The number of aromatic nitrogens is 4. The average molecular weight is 323 g/mol. The summed E-state index contributed by atoms with van der Waals surface area (Å²) >= 11 is 0. The SMILES string of the molecule is Cc1cccc2c(N[C@H]3CCCO[C@@H]3c3cnn(C)c3)ncnc12. The van der Waals surface area contributed by atoms with E-state index in [1.165, 1.54) is 0 Å². The highest BCUT2D eigenvalue weighted by atomic mass is 16.5. The Kier molecular flexibility index (Phi) is 3.90. The molecule has 0 radical (unpaired) electrons. The predicted molar refractivity (Wildman–Crippen MR) is 92.8 cm³/mol. The van der Waals surface area contributed by atoms with Gasteiger partial charge in [0.25, 0.3) is 0 Å². The van der Waals surface area contributed by atoms with Gasteiger partial charge in [-0.15, -0.1) is 0 Å². The number of aryl methyl sites for hydroxylation is 2. The molecule has 1 fully saturated rings. The molecule has 3 aromatic rings. The normalized spacial score (nSPS) is 21.1. The van der Waals surface area contributed by atoms with Gasteiger partial charge in [-0.2, -0.15) is 5.10 Å². The van der Waals surface area contributed by atoms with Crippen molar-refractivity contribution < 1.29 is 4.74 Å². The summed E-state index contributed by atoms with van der Waals surface area (Å²) in [4.78, 5) is 8.90. The fourth-order valence-corrected chi connectivity index (χ4v) is 3.37. The Hall–Kier alpha value is -2.47. The van der Waals surface area contributed by atoms with Crippen LogP contribution in [0.4, 0.5) is 5.82 Å². The minimum absolute atomic E-state index is 0.0118. The molecule has 0 amide bonds. The fraction of sp³-hybridized carbons (Fsp3) is 0.389. The highest BCUT2D eigenvalue weighted by Crippen LogP contribution is 2.32. The summed E-state index contributed by atoms with van der Waals surface area (Å²) < 4.78 is 7.85. The Bertz CT molecular complexity index is 859. The van der Waals surface area contributed by atoms with Crippen molar-refractivity contribution in [3.63, 3.8) is 0 Å². The Morgan fingerprint density at radius 1 is 1.29 bits per heavy atom. The molecule has 0 unspecified atom stereocenters. The molecule has 3 heterocycles. The van der Waals surface area contributed by atoms with Crippen LogP contribution in [0.5, 0.6) is 0 Å². The van der Waals surface area contributed by atoms with E-state index in [0.29, 0.717) is 0 Å². The molecule has 1 N–H and O–H groups in total. The van der Waals surface area contributed by atoms with Gasteiger partial charge < -0.3 is 10.1 Å². The Labute approximate surface area is 140 Å². The van der Waals surface area contributed by atoms with Crippen LogP contribution < -0.4 is 5.32 Å². The van der Waals surface area contributed by atoms with Crippen LogP contribution in [0.25, 0.3) is 10.9 Å². The molecular weight excluding hydrogens is 302 g/mol. The quantitative estimate of drug-likeness (QED) is 0.802. The first-order valence-corrected chi connectivity index (χ1v) is 8.29. The lowest BCUT2D eigenvalue weighted by Crippen LogP contribution is -2.34. The van der Waals surface area contributed by atoms with E-state index in [9.17, 15) is 0 Å². The first-order chi connectivity index (χ1) is 11.7. The molecule has 0 saturated carbocycles. The van der Waals surface area contributed by atoms with E-state index in [1.54, 1.807) is 6.33 Å². The number of para-hydroxylation sites is 1. The zero-order valence-electron chi connectivity index (χ0n) is 13.9. The summed E-state index contributed by atoms with van der Waals surface area (Å²) in [6, 6.07) is 6.35. The van der Waals surface area contributed by atoms with Crippen molar-refractivity contribution in [1.29, 1.82) is 0 Å². The number of nitrogens with one attached hydrogen (secondary N) is 1. The molecule has 1 aromatic carbocycles. The highest BCUT2D eigenvalue weighted by molar-refractivity contribution is 5.90. The minimum atomic E-state index is -0.0118. The van der Waals surface area contributed by atoms with Crippen LogP contribution in [0, 0.1) is 6.92 Å². The van der Waals surface area contributed by atoms with Gasteiger partial charge in [0.05, 0.1) is 17.8 Å². The molecular formula is C18H21N5O. The third kappa shape index (κ3) is 2.73. The lowest BCUT2D eigenvalue weighted by Gasteiger charge is -2.32. The van der Waals surface area contributed by atoms with Crippen molar-refractivity contribution in [2.24, 2.45) is 7.05 Å². The summed E-state index contributed by atoms with van der Waals surface area (Å²) in [6.45, 7) is 2.85. The lowest BCUT2D eigenvalue weighted by molar-refractivity contribution is 0.00555. The zero-order chi connectivity index (χ0) is 16.5. The molecule has 4 rings (SSSR count). The maximum atomic E-state index is 6.04. The van der Waals surface area contributed by atoms with Crippen molar-refractivity contribution in [3.8, 4) is 0 Å². The van der Waals surface area contributed by atoms with E-state index >= 15 is 0 Å². The summed E-state index contributed by atoms with van der Waals surface area (Å²) in [5, 5.41) is 8.92. The van der Waals surface area contributed by atoms with Crippen LogP contribution in [0.15, 0.2) is 36.9 Å². The number of ether oxygens (including phenoxy) is 1. The van der Waals surface area contributed by atoms with Gasteiger partial charge in [-0.3, -0.25) is 4.68 Å². The van der Waals surface area contributed by atoms with Crippen LogP contribution in [-0.2, 0) is 11.8 Å². The summed E-state index contributed by atoms with van der Waals surface area (Å²) in [5.41, 5.74) is 3.25. The van der Waals surface area contributed by atoms with Crippen molar-refractivity contribution in [3.05, 3.63) is 48.0 Å². The van der Waals surface area contributed by atoms with E-state index in [0.717, 1.165) is 47.3 Å². The lowest BCUT2D eigenvalue weighted by atomic mass is 9.98. The molecule has 6 heteroatoms. The monoisotopic (exact) mass is 323 g/mol. The van der Waals surface area contributed by atoms with Gasteiger partial charge >= 0.3 is 0 Å². The maximum absolute atomic E-state index is 6.04. The second-order valence-corrected chi connectivity index (χ2v) is 6.33. The van der Waals surface area contributed by atoms with Gasteiger partial charge in [0.2, 0.25) is 0 Å². The standard InChI is InChI=1S/C18H21N5O/c1-12-5-3-6-14-16(12)19-11-20-18(14)22-15-7-4-8-24-17(15)13-9-21-23(2)10-13/h3,5-6,9-11,15,17H,4,7-8H2,1-2H3,(H,19,20,22)/t15-,17+/m0/s1. The highest BCUT2D eigenvalue weighted by Gasteiger charge is 2.29. The van der Waals surface area contributed by atoms with Gasteiger partial charge in [-0.25, -0.2) is 9.97 Å². The Morgan fingerprint density at radius 2 is 2.21 bits per heavy atom. The van der Waals surface area contributed by atoms with E-state index < -0.39 is 0 Å². The van der Waals surface area contributed by atoms with Crippen LogP contribution in [-0.4, -0.2) is 32.4 Å². The number of fused-ring (bicyclic) bond motifs is 1. The Balaban J connectivity index is 1.67.